The molecule has 0 radical (unpaired) electrons. The SMILES string of the molecule is CCNC(=NCCS(=O)(=O)c1ccccc1)N(C)CCOCC1CC1. The number of aliphatic imine (C=N–C) groups is 1. The van der Waals surface area contributed by atoms with E-state index in [0.717, 1.165) is 25.6 Å². The van der Waals surface area contributed by atoms with E-state index in [1.807, 2.05) is 18.9 Å². The van der Waals surface area contributed by atoms with Gasteiger partial charge in [0.1, 0.15) is 0 Å². The third kappa shape index (κ3) is 7.04. The number of sulfone groups is 1. The molecule has 0 amide bonds. The predicted octanol–water partition coefficient (Wildman–Crippen LogP) is 1.78. The van der Waals surface area contributed by atoms with E-state index < -0.39 is 9.84 Å². The molecule has 2 rings (SSSR count). The minimum atomic E-state index is -3.30. The Balaban J connectivity index is 1.82. The van der Waals surface area contributed by atoms with Gasteiger partial charge >= 0.3 is 0 Å². The van der Waals surface area contributed by atoms with Crippen molar-refractivity contribution in [1.29, 1.82) is 0 Å². The summed E-state index contributed by atoms with van der Waals surface area (Å²) in [4.78, 5) is 6.77. The summed E-state index contributed by atoms with van der Waals surface area (Å²) in [6.07, 6.45) is 2.58. The Kier molecular flexibility index (Phi) is 7.71. The minimum Gasteiger partial charge on any atom is -0.379 e. The topological polar surface area (TPSA) is 71.0 Å². The highest BCUT2D eigenvalue weighted by molar-refractivity contribution is 7.91. The Labute approximate surface area is 151 Å². The molecule has 0 unspecified atom stereocenters. The third-order valence-corrected chi connectivity index (χ3v) is 5.75. The van der Waals surface area contributed by atoms with Crippen LogP contribution in [0.2, 0.25) is 0 Å². The highest BCUT2D eigenvalue weighted by atomic mass is 32.2. The van der Waals surface area contributed by atoms with Crippen molar-refractivity contribution >= 4 is 15.8 Å². The summed E-state index contributed by atoms with van der Waals surface area (Å²) in [6, 6.07) is 8.51. The molecule has 1 aromatic rings. The molecule has 0 bridgehead atoms. The molecule has 0 aliphatic heterocycles. The van der Waals surface area contributed by atoms with Crippen molar-refractivity contribution in [2.45, 2.75) is 24.7 Å². The number of ether oxygens (including phenoxy) is 1. The van der Waals surface area contributed by atoms with E-state index in [9.17, 15) is 8.42 Å². The van der Waals surface area contributed by atoms with Crippen molar-refractivity contribution in [3.8, 4) is 0 Å². The number of benzene rings is 1. The van der Waals surface area contributed by atoms with Gasteiger partial charge in [-0.15, -0.1) is 0 Å². The van der Waals surface area contributed by atoms with Gasteiger partial charge in [-0.25, -0.2) is 8.42 Å². The lowest BCUT2D eigenvalue weighted by molar-refractivity contribution is 0.115. The maximum absolute atomic E-state index is 12.3. The molecule has 1 saturated carbocycles. The summed E-state index contributed by atoms with van der Waals surface area (Å²) in [5.74, 6) is 1.47. The van der Waals surface area contributed by atoms with Gasteiger partial charge in [0.15, 0.2) is 15.8 Å². The summed E-state index contributed by atoms with van der Waals surface area (Å²) < 4.78 is 30.3. The van der Waals surface area contributed by atoms with E-state index in [-0.39, 0.29) is 12.3 Å². The van der Waals surface area contributed by atoms with Crippen LogP contribution in [0, 0.1) is 5.92 Å². The molecular weight excluding hydrogens is 338 g/mol. The van der Waals surface area contributed by atoms with Crippen LogP contribution in [0.3, 0.4) is 0 Å². The fraction of sp³-hybridized carbons (Fsp3) is 0.611. The molecule has 0 heterocycles. The van der Waals surface area contributed by atoms with Crippen LogP contribution in [-0.2, 0) is 14.6 Å². The monoisotopic (exact) mass is 367 g/mol. The number of rotatable bonds is 10. The van der Waals surface area contributed by atoms with Crippen LogP contribution >= 0.6 is 0 Å². The fourth-order valence-electron chi connectivity index (χ4n) is 2.33. The lowest BCUT2D eigenvalue weighted by atomic mass is 10.4. The first-order valence-corrected chi connectivity index (χ1v) is 10.5. The smallest absolute Gasteiger partial charge is 0.193 e. The van der Waals surface area contributed by atoms with Crippen LogP contribution in [0.4, 0.5) is 0 Å². The Hall–Kier alpha value is -1.60. The molecule has 0 spiro atoms. The van der Waals surface area contributed by atoms with E-state index in [1.165, 1.54) is 12.8 Å². The van der Waals surface area contributed by atoms with Gasteiger partial charge in [0, 0.05) is 26.7 Å². The zero-order valence-electron chi connectivity index (χ0n) is 15.1. The second kappa shape index (κ2) is 9.77. The molecule has 1 fully saturated rings. The van der Waals surface area contributed by atoms with Crippen molar-refractivity contribution < 1.29 is 13.2 Å². The van der Waals surface area contributed by atoms with Gasteiger partial charge in [-0.1, -0.05) is 18.2 Å². The Morgan fingerprint density at radius 1 is 1.32 bits per heavy atom. The van der Waals surface area contributed by atoms with Crippen LogP contribution in [0.15, 0.2) is 40.2 Å². The van der Waals surface area contributed by atoms with E-state index in [0.29, 0.717) is 17.5 Å². The lowest BCUT2D eigenvalue weighted by Crippen LogP contribution is -2.41. The zero-order chi connectivity index (χ0) is 18.1. The number of nitrogens with one attached hydrogen (secondary N) is 1. The maximum atomic E-state index is 12.3. The average Bonchev–Trinajstić information content (AvgIpc) is 3.43. The van der Waals surface area contributed by atoms with Gasteiger partial charge < -0.3 is 15.0 Å². The van der Waals surface area contributed by atoms with Crippen molar-refractivity contribution in [2.75, 3.05) is 45.6 Å². The van der Waals surface area contributed by atoms with Crippen LogP contribution in [0.5, 0.6) is 0 Å². The van der Waals surface area contributed by atoms with Gasteiger partial charge in [0.2, 0.25) is 0 Å². The molecule has 140 valence electrons. The molecule has 0 saturated heterocycles. The highest BCUT2D eigenvalue weighted by Gasteiger charge is 2.21. The van der Waals surface area contributed by atoms with E-state index >= 15 is 0 Å². The molecule has 0 aromatic heterocycles. The van der Waals surface area contributed by atoms with Gasteiger partial charge in [-0.05, 0) is 37.8 Å². The molecule has 1 aliphatic carbocycles. The summed E-state index contributed by atoms with van der Waals surface area (Å²) in [7, 11) is -1.36. The molecule has 7 heteroatoms. The normalized spacial score (nSPS) is 15.2. The van der Waals surface area contributed by atoms with Gasteiger partial charge in [0.25, 0.3) is 0 Å². The van der Waals surface area contributed by atoms with Crippen LogP contribution in [0.25, 0.3) is 0 Å². The van der Waals surface area contributed by atoms with Crippen LogP contribution in [-0.4, -0.2) is 64.9 Å². The first-order chi connectivity index (χ1) is 12.0. The van der Waals surface area contributed by atoms with E-state index in [1.54, 1.807) is 30.3 Å². The fourth-order valence-corrected chi connectivity index (χ4v) is 3.47. The standard InChI is InChI=1S/C18H29N3O3S/c1-3-19-18(21(2)12-13-24-15-16-9-10-16)20-11-14-25(22,23)17-7-5-4-6-8-17/h4-8,16H,3,9-15H2,1-2H3,(H,19,20). The van der Waals surface area contributed by atoms with Crippen molar-refractivity contribution in [1.82, 2.24) is 10.2 Å². The largest absolute Gasteiger partial charge is 0.379 e. The second-order valence-electron chi connectivity index (χ2n) is 6.31. The van der Waals surface area contributed by atoms with Gasteiger partial charge in [-0.2, -0.15) is 0 Å². The molecule has 1 N–H and O–H groups in total. The van der Waals surface area contributed by atoms with Crippen LogP contribution in [0.1, 0.15) is 19.8 Å². The lowest BCUT2D eigenvalue weighted by Gasteiger charge is -2.22. The van der Waals surface area contributed by atoms with Crippen molar-refractivity contribution in [3.05, 3.63) is 30.3 Å². The summed E-state index contributed by atoms with van der Waals surface area (Å²) in [6.45, 7) is 5.18. The molecule has 6 nitrogen and oxygen atoms in total. The molecule has 0 atom stereocenters. The van der Waals surface area contributed by atoms with Crippen molar-refractivity contribution in [2.24, 2.45) is 10.9 Å². The predicted molar refractivity (Wildman–Crippen MR) is 101 cm³/mol. The minimum absolute atomic E-state index is 0.00206. The van der Waals surface area contributed by atoms with Gasteiger partial charge in [-0.3, -0.25) is 4.99 Å². The Morgan fingerprint density at radius 2 is 2.04 bits per heavy atom. The molecule has 1 aliphatic rings. The number of hydrogen-bond donors (Lipinski definition) is 1. The first kappa shape index (κ1) is 19.7. The number of likely N-dealkylation sites (N-methyl/N-ethyl adjacent to an activating group) is 1. The Morgan fingerprint density at radius 3 is 2.68 bits per heavy atom. The maximum Gasteiger partial charge on any atom is 0.193 e. The zero-order valence-corrected chi connectivity index (χ0v) is 16.0. The van der Waals surface area contributed by atoms with E-state index in [4.69, 9.17) is 4.74 Å². The highest BCUT2D eigenvalue weighted by Crippen LogP contribution is 2.28. The van der Waals surface area contributed by atoms with Crippen LogP contribution < -0.4 is 5.32 Å². The number of guanidine groups is 1. The quantitative estimate of drug-likeness (QED) is 0.388. The first-order valence-electron chi connectivity index (χ1n) is 8.88. The Bertz CT molecular complexity index is 643. The molecule has 1 aromatic carbocycles. The number of hydrogen-bond acceptors (Lipinski definition) is 4. The van der Waals surface area contributed by atoms with E-state index in [2.05, 4.69) is 10.3 Å². The summed E-state index contributed by atoms with van der Waals surface area (Å²) >= 11 is 0. The second-order valence-corrected chi connectivity index (χ2v) is 8.42. The third-order valence-electron chi connectivity index (χ3n) is 4.04. The van der Waals surface area contributed by atoms with Gasteiger partial charge in [0.05, 0.1) is 23.8 Å². The summed E-state index contributed by atoms with van der Waals surface area (Å²) in [5.41, 5.74) is 0. The molecule has 25 heavy (non-hydrogen) atoms. The molecular formula is C18H29N3O3S. The number of nitrogens with zero attached hydrogens (tertiary/aromatic N) is 2. The summed E-state index contributed by atoms with van der Waals surface area (Å²) in [5, 5.41) is 3.20. The average molecular weight is 368 g/mol. The van der Waals surface area contributed by atoms with Crippen molar-refractivity contribution in [3.63, 3.8) is 0 Å².